The van der Waals surface area contributed by atoms with E-state index in [1.165, 1.54) is 11.1 Å². The van der Waals surface area contributed by atoms with E-state index in [0.29, 0.717) is 0 Å². The highest BCUT2D eigenvalue weighted by molar-refractivity contribution is 5.98. The molecule has 0 N–H and O–H groups in total. The van der Waals surface area contributed by atoms with E-state index >= 15 is 0 Å². The van der Waals surface area contributed by atoms with Crippen LogP contribution in [0.2, 0.25) is 0 Å². The summed E-state index contributed by atoms with van der Waals surface area (Å²) in [7, 11) is 0. The molecule has 3 nitrogen and oxygen atoms in total. The first-order valence-electron chi connectivity index (χ1n) is 6.28. The summed E-state index contributed by atoms with van der Waals surface area (Å²) in [4.78, 5) is 14.2. The number of nitrogens with zero attached hydrogens (tertiary/aromatic N) is 1. The zero-order valence-electron chi connectivity index (χ0n) is 10.1. The van der Waals surface area contributed by atoms with E-state index in [9.17, 15) is 4.79 Å². The molecule has 0 aliphatic carbocycles. The summed E-state index contributed by atoms with van der Waals surface area (Å²) >= 11 is 0. The van der Waals surface area contributed by atoms with Gasteiger partial charge in [0.2, 0.25) is 0 Å². The number of hydrogen-bond acceptors (Lipinski definition) is 2. The summed E-state index contributed by atoms with van der Waals surface area (Å²) in [6.07, 6.45) is 2.64. The summed E-state index contributed by atoms with van der Waals surface area (Å²) in [6, 6.07) is 6.31. The lowest BCUT2D eigenvalue weighted by Gasteiger charge is -2.20. The van der Waals surface area contributed by atoms with E-state index in [1.54, 1.807) is 0 Å². The molecule has 0 bridgehead atoms. The van der Waals surface area contributed by atoms with Crippen molar-refractivity contribution in [3.8, 4) is 0 Å². The largest absolute Gasteiger partial charge is 0.368 e. The van der Waals surface area contributed by atoms with E-state index in [2.05, 4.69) is 25.1 Å². The SMILES string of the molecule is Cc1ccc2c(c1)CCN2C(=O)C1CCCO1. The molecular weight excluding hydrogens is 214 g/mol. The predicted octanol–water partition coefficient (Wildman–Crippen LogP) is 2.06. The predicted molar refractivity (Wildman–Crippen MR) is 66.2 cm³/mol. The Morgan fingerprint density at radius 3 is 3.12 bits per heavy atom. The summed E-state index contributed by atoms with van der Waals surface area (Å²) in [5, 5.41) is 0. The average molecular weight is 231 g/mol. The van der Waals surface area contributed by atoms with E-state index in [-0.39, 0.29) is 12.0 Å². The van der Waals surface area contributed by atoms with Gasteiger partial charge in [-0.25, -0.2) is 0 Å². The van der Waals surface area contributed by atoms with Crippen LogP contribution in [0.3, 0.4) is 0 Å². The molecule has 2 aliphatic rings. The Balaban J connectivity index is 1.85. The Morgan fingerprint density at radius 1 is 1.47 bits per heavy atom. The number of carbonyl (C=O) groups is 1. The van der Waals surface area contributed by atoms with E-state index in [0.717, 1.165) is 38.1 Å². The third kappa shape index (κ3) is 1.84. The maximum atomic E-state index is 12.3. The summed E-state index contributed by atoms with van der Waals surface area (Å²) in [5.74, 6) is 0.144. The molecule has 1 aromatic rings. The first kappa shape index (κ1) is 10.8. The van der Waals surface area contributed by atoms with Crippen molar-refractivity contribution in [3.05, 3.63) is 29.3 Å². The molecule has 1 fully saturated rings. The summed E-state index contributed by atoms with van der Waals surface area (Å²) in [5.41, 5.74) is 3.63. The van der Waals surface area contributed by atoms with E-state index in [4.69, 9.17) is 4.74 Å². The number of anilines is 1. The number of hydrogen-bond donors (Lipinski definition) is 0. The lowest BCUT2D eigenvalue weighted by molar-refractivity contribution is -0.127. The van der Waals surface area contributed by atoms with Gasteiger partial charge in [0.25, 0.3) is 5.91 Å². The second kappa shape index (κ2) is 4.15. The molecule has 2 aliphatic heterocycles. The molecule has 17 heavy (non-hydrogen) atoms. The highest BCUT2D eigenvalue weighted by atomic mass is 16.5. The Morgan fingerprint density at radius 2 is 2.35 bits per heavy atom. The van der Waals surface area contributed by atoms with Crippen LogP contribution in [0.25, 0.3) is 0 Å². The molecule has 0 spiro atoms. The molecule has 0 saturated carbocycles. The van der Waals surface area contributed by atoms with Gasteiger partial charge in [-0.3, -0.25) is 4.79 Å². The van der Waals surface area contributed by atoms with E-state index < -0.39 is 0 Å². The molecule has 3 rings (SSSR count). The first-order valence-corrected chi connectivity index (χ1v) is 6.28. The van der Waals surface area contributed by atoms with Crippen molar-refractivity contribution in [1.82, 2.24) is 0 Å². The van der Waals surface area contributed by atoms with Crippen LogP contribution in [0.4, 0.5) is 5.69 Å². The Hall–Kier alpha value is -1.35. The highest BCUT2D eigenvalue weighted by Gasteiger charge is 2.32. The molecule has 1 unspecified atom stereocenters. The number of rotatable bonds is 1. The summed E-state index contributed by atoms with van der Waals surface area (Å²) in [6.45, 7) is 3.62. The fourth-order valence-electron chi connectivity index (χ4n) is 2.71. The highest BCUT2D eigenvalue weighted by Crippen LogP contribution is 2.30. The van der Waals surface area contributed by atoms with Crippen molar-refractivity contribution >= 4 is 11.6 Å². The van der Waals surface area contributed by atoms with Crippen LogP contribution in [-0.2, 0) is 16.0 Å². The van der Waals surface area contributed by atoms with Crippen LogP contribution in [0.1, 0.15) is 24.0 Å². The smallest absolute Gasteiger partial charge is 0.256 e. The van der Waals surface area contributed by atoms with Crippen molar-refractivity contribution in [2.24, 2.45) is 0 Å². The fraction of sp³-hybridized carbons (Fsp3) is 0.500. The fourth-order valence-corrected chi connectivity index (χ4v) is 2.71. The molecule has 2 heterocycles. The van der Waals surface area contributed by atoms with Crippen molar-refractivity contribution < 1.29 is 9.53 Å². The molecule has 1 atom stereocenters. The third-order valence-electron chi connectivity index (χ3n) is 3.60. The zero-order valence-corrected chi connectivity index (χ0v) is 10.1. The van der Waals surface area contributed by atoms with Crippen molar-refractivity contribution in [2.45, 2.75) is 32.3 Å². The normalized spacial score (nSPS) is 22.9. The van der Waals surface area contributed by atoms with Crippen molar-refractivity contribution in [3.63, 3.8) is 0 Å². The van der Waals surface area contributed by atoms with Gasteiger partial charge < -0.3 is 9.64 Å². The van der Waals surface area contributed by atoms with Gasteiger partial charge in [-0.15, -0.1) is 0 Å². The average Bonchev–Trinajstić information content (AvgIpc) is 2.96. The molecule has 1 amide bonds. The molecule has 0 aromatic heterocycles. The second-order valence-electron chi connectivity index (χ2n) is 4.87. The van der Waals surface area contributed by atoms with Crippen LogP contribution in [0, 0.1) is 6.92 Å². The number of ether oxygens (including phenoxy) is 1. The van der Waals surface area contributed by atoms with Crippen LogP contribution in [-0.4, -0.2) is 25.2 Å². The molecule has 1 aromatic carbocycles. The van der Waals surface area contributed by atoms with Gasteiger partial charge in [0, 0.05) is 18.8 Å². The van der Waals surface area contributed by atoms with Gasteiger partial charge in [0.1, 0.15) is 6.10 Å². The van der Waals surface area contributed by atoms with Crippen LogP contribution in [0.15, 0.2) is 18.2 Å². The summed E-state index contributed by atoms with van der Waals surface area (Å²) < 4.78 is 5.47. The van der Waals surface area contributed by atoms with Crippen molar-refractivity contribution in [1.29, 1.82) is 0 Å². The van der Waals surface area contributed by atoms with Crippen LogP contribution >= 0.6 is 0 Å². The topological polar surface area (TPSA) is 29.5 Å². The number of benzene rings is 1. The molecule has 1 saturated heterocycles. The van der Waals surface area contributed by atoms with Gasteiger partial charge in [-0.2, -0.15) is 0 Å². The van der Waals surface area contributed by atoms with Crippen LogP contribution in [0.5, 0.6) is 0 Å². The van der Waals surface area contributed by atoms with E-state index in [1.807, 2.05) is 4.90 Å². The van der Waals surface area contributed by atoms with Gasteiger partial charge in [-0.1, -0.05) is 17.7 Å². The monoisotopic (exact) mass is 231 g/mol. The maximum absolute atomic E-state index is 12.3. The second-order valence-corrected chi connectivity index (χ2v) is 4.87. The van der Waals surface area contributed by atoms with Gasteiger partial charge >= 0.3 is 0 Å². The van der Waals surface area contributed by atoms with Crippen LogP contribution < -0.4 is 4.90 Å². The van der Waals surface area contributed by atoms with Crippen molar-refractivity contribution in [2.75, 3.05) is 18.1 Å². The first-order chi connectivity index (χ1) is 8.25. The van der Waals surface area contributed by atoms with Gasteiger partial charge in [0.15, 0.2) is 0 Å². The number of amides is 1. The van der Waals surface area contributed by atoms with Gasteiger partial charge in [0.05, 0.1) is 0 Å². The zero-order chi connectivity index (χ0) is 11.8. The van der Waals surface area contributed by atoms with Gasteiger partial charge in [-0.05, 0) is 37.8 Å². The molecule has 3 heteroatoms. The lowest BCUT2D eigenvalue weighted by Crippen LogP contribution is -2.37. The Labute approximate surface area is 101 Å². The third-order valence-corrected chi connectivity index (χ3v) is 3.60. The minimum absolute atomic E-state index is 0.144. The number of carbonyl (C=O) groups excluding carboxylic acids is 1. The lowest BCUT2D eigenvalue weighted by atomic mass is 10.1. The molecular formula is C14H17NO2. The quantitative estimate of drug-likeness (QED) is 0.740. The Kier molecular flexibility index (Phi) is 2.63. The number of fused-ring (bicyclic) bond motifs is 1. The standard InChI is InChI=1S/C14H17NO2/c1-10-4-5-12-11(9-10)6-7-15(12)14(16)13-3-2-8-17-13/h4-5,9,13H,2-3,6-8H2,1H3. The minimum atomic E-state index is -0.206. The molecule has 90 valence electrons. The Bertz CT molecular complexity index is 450. The maximum Gasteiger partial charge on any atom is 0.256 e. The minimum Gasteiger partial charge on any atom is -0.368 e. The number of aryl methyl sites for hydroxylation is 1. The molecule has 0 radical (unpaired) electrons.